The molecule has 0 radical (unpaired) electrons. The molecule has 0 saturated heterocycles. The number of halogens is 1. The van der Waals surface area contributed by atoms with Gasteiger partial charge < -0.3 is 15.0 Å². The van der Waals surface area contributed by atoms with Crippen LogP contribution in [0.3, 0.4) is 0 Å². The lowest BCUT2D eigenvalue weighted by molar-refractivity contribution is 0.273. The van der Waals surface area contributed by atoms with Gasteiger partial charge in [-0.25, -0.2) is 4.39 Å². The molecule has 3 nitrogen and oxygen atoms in total. The minimum atomic E-state index is -0.225. The Hall–Kier alpha value is -1.13. The van der Waals surface area contributed by atoms with Crippen molar-refractivity contribution in [2.75, 3.05) is 34.8 Å². The minimum Gasteiger partial charge on any atom is -0.496 e. The lowest BCUT2D eigenvalue weighted by Gasteiger charge is -2.26. The first-order valence-electron chi connectivity index (χ1n) is 5.74. The maximum absolute atomic E-state index is 13.3. The van der Waals surface area contributed by atoms with E-state index in [1.165, 1.54) is 6.07 Å². The molecule has 0 heterocycles. The molecule has 1 N–H and O–H groups in total. The molecule has 4 heteroatoms. The van der Waals surface area contributed by atoms with Crippen LogP contribution in [-0.2, 0) is 0 Å². The van der Waals surface area contributed by atoms with Gasteiger partial charge in [0.1, 0.15) is 11.6 Å². The Morgan fingerprint density at radius 2 is 2.12 bits per heavy atom. The second kappa shape index (κ2) is 6.57. The molecule has 0 fully saturated rings. The molecule has 17 heavy (non-hydrogen) atoms. The van der Waals surface area contributed by atoms with Crippen molar-refractivity contribution < 1.29 is 9.13 Å². The summed E-state index contributed by atoms with van der Waals surface area (Å²) >= 11 is 0. The van der Waals surface area contributed by atoms with Crippen molar-refractivity contribution in [3.8, 4) is 5.75 Å². The Morgan fingerprint density at radius 1 is 1.41 bits per heavy atom. The van der Waals surface area contributed by atoms with Gasteiger partial charge in [0, 0.05) is 11.6 Å². The van der Waals surface area contributed by atoms with E-state index < -0.39 is 0 Å². The molecule has 0 aliphatic heterocycles. The molecule has 1 unspecified atom stereocenters. The minimum absolute atomic E-state index is 0.146. The maximum atomic E-state index is 13.3. The van der Waals surface area contributed by atoms with Gasteiger partial charge in [0.05, 0.1) is 7.11 Å². The summed E-state index contributed by atoms with van der Waals surface area (Å²) in [4.78, 5) is 2.08. The first kappa shape index (κ1) is 13.9. The lowest BCUT2D eigenvalue weighted by Crippen LogP contribution is -2.24. The lowest BCUT2D eigenvalue weighted by atomic mass is 10.0. The summed E-state index contributed by atoms with van der Waals surface area (Å²) in [5, 5.41) is 3.11. The molecule has 0 aliphatic carbocycles. The maximum Gasteiger partial charge on any atom is 0.123 e. The Morgan fingerprint density at radius 3 is 2.65 bits per heavy atom. The van der Waals surface area contributed by atoms with Crippen molar-refractivity contribution >= 4 is 0 Å². The van der Waals surface area contributed by atoms with Crippen molar-refractivity contribution in [3.63, 3.8) is 0 Å². The average Bonchev–Trinajstić information content (AvgIpc) is 2.29. The van der Waals surface area contributed by atoms with Crippen LogP contribution in [0.25, 0.3) is 0 Å². The van der Waals surface area contributed by atoms with E-state index in [1.54, 1.807) is 19.2 Å². The van der Waals surface area contributed by atoms with Gasteiger partial charge in [-0.15, -0.1) is 0 Å². The number of hydrogen-bond acceptors (Lipinski definition) is 3. The molecule has 0 spiro atoms. The van der Waals surface area contributed by atoms with E-state index in [9.17, 15) is 4.39 Å². The first-order chi connectivity index (χ1) is 8.10. The summed E-state index contributed by atoms with van der Waals surface area (Å²) in [5.41, 5.74) is 0.896. The smallest absolute Gasteiger partial charge is 0.123 e. The van der Waals surface area contributed by atoms with Gasteiger partial charge in [-0.05, 0) is 52.3 Å². The second-order valence-corrected chi connectivity index (χ2v) is 4.26. The van der Waals surface area contributed by atoms with Gasteiger partial charge in [0.2, 0.25) is 0 Å². The average molecular weight is 240 g/mol. The quantitative estimate of drug-likeness (QED) is 0.823. The van der Waals surface area contributed by atoms with Crippen molar-refractivity contribution in [2.24, 2.45) is 0 Å². The van der Waals surface area contributed by atoms with Gasteiger partial charge in [0.25, 0.3) is 0 Å². The fourth-order valence-electron chi connectivity index (χ4n) is 1.94. The number of benzene rings is 1. The number of nitrogens with one attached hydrogen (secondary N) is 1. The monoisotopic (exact) mass is 240 g/mol. The molecule has 0 aromatic heterocycles. The highest BCUT2D eigenvalue weighted by atomic mass is 19.1. The van der Waals surface area contributed by atoms with Crippen molar-refractivity contribution in [2.45, 2.75) is 12.5 Å². The van der Waals surface area contributed by atoms with Crippen LogP contribution in [0.15, 0.2) is 18.2 Å². The zero-order valence-corrected chi connectivity index (χ0v) is 11.0. The van der Waals surface area contributed by atoms with Gasteiger partial charge in [-0.1, -0.05) is 0 Å². The van der Waals surface area contributed by atoms with E-state index in [0.29, 0.717) is 0 Å². The van der Waals surface area contributed by atoms with Gasteiger partial charge in [0.15, 0.2) is 0 Å². The highest BCUT2D eigenvalue weighted by Crippen LogP contribution is 2.30. The predicted molar refractivity (Wildman–Crippen MR) is 67.9 cm³/mol. The molecule has 1 rings (SSSR count). The third kappa shape index (κ3) is 3.68. The molecular formula is C13H21FN2O. The van der Waals surface area contributed by atoms with Gasteiger partial charge >= 0.3 is 0 Å². The fraction of sp³-hybridized carbons (Fsp3) is 0.538. The third-order valence-electron chi connectivity index (χ3n) is 2.84. The molecule has 0 bridgehead atoms. The summed E-state index contributed by atoms with van der Waals surface area (Å²) in [5.74, 6) is 0.512. The largest absolute Gasteiger partial charge is 0.496 e. The highest BCUT2D eigenvalue weighted by molar-refractivity contribution is 5.36. The van der Waals surface area contributed by atoms with Crippen LogP contribution in [0.2, 0.25) is 0 Å². The number of hydrogen-bond donors (Lipinski definition) is 1. The van der Waals surface area contributed by atoms with E-state index in [4.69, 9.17) is 4.74 Å². The van der Waals surface area contributed by atoms with Crippen LogP contribution in [-0.4, -0.2) is 39.7 Å². The highest BCUT2D eigenvalue weighted by Gasteiger charge is 2.18. The molecule has 1 atom stereocenters. The zero-order valence-electron chi connectivity index (χ0n) is 11.0. The van der Waals surface area contributed by atoms with Crippen LogP contribution in [0.5, 0.6) is 5.75 Å². The molecule has 1 aromatic rings. The molecule has 0 amide bonds. The molecule has 1 aromatic carbocycles. The number of methoxy groups -OCH3 is 1. The SMILES string of the molecule is CNCCC(c1cc(F)ccc1OC)N(C)C. The van der Waals surface area contributed by atoms with Gasteiger partial charge in [-0.2, -0.15) is 0 Å². The summed E-state index contributed by atoms with van der Waals surface area (Å²) in [7, 11) is 7.51. The van der Waals surface area contributed by atoms with Crippen LogP contribution in [0, 0.1) is 5.82 Å². The van der Waals surface area contributed by atoms with Crippen LogP contribution < -0.4 is 10.1 Å². The molecule has 0 saturated carbocycles. The van der Waals surface area contributed by atoms with Crippen molar-refractivity contribution in [3.05, 3.63) is 29.6 Å². The number of ether oxygens (including phenoxy) is 1. The normalized spacial score (nSPS) is 12.8. The number of nitrogens with zero attached hydrogens (tertiary/aromatic N) is 1. The molecule has 96 valence electrons. The Bertz CT molecular complexity index is 355. The summed E-state index contributed by atoms with van der Waals surface area (Å²) in [6, 6.07) is 4.81. The Kier molecular flexibility index (Phi) is 5.38. The van der Waals surface area contributed by atoms with E-state index in [1.807, 2.05) is 21.1 Å². The molecule has 0 aliphatic rings. The summed E-state index contributed by atoms with van der Waals surface area (Å²) < 4.78 is 18.6. The van der Waals surface area contributed by atoms with E-state index in [2.05, 4.69) is 10.2 Å². The van der Waals surface area contributed by atoms with Crippen molar-refractivity contribution in [1.82, 2.24) is 10.2 Å². The Labute approximate surface area is 103 Å². The van der Waals surface area contributed by atoms with Crippen molar-refractivity contribution in [1.29, 1.82) is 0 Å². The summed E-state index contributed by atoms with van der Waals surface area (Å²) in [6.45, 7) is 0.877. The van der Waals surface area contributed by atoms with Crippen LogP contribution >= 0.6 is 0 Å². The predicted octanol–water partition coefficient (Wildman–Crippen LogP) is 2.05. The van der Waals surface area contributed by atoms with E-state index in [-0.39, 0.29) is 11.9 Å². The first-order valence-corrected chi connectivity index (χ1v) is 5.74. The van der Waals surface area contributed by atoms with Crippen LogP contribution in [0.4, 0.5) is 4.39 Å². The molecular weight excluding hydrogens is 219 g/mol. The standard InChI is InChI=1S/C13H21FN2O/c1-15-8-7-12(16(2)3)11-9-10(14)5-6-13(11)17-4/h5-6,9,12,15H,7-8H2,1-4H3. The second-order valence-electron chi connectivity index (χ2n) is 4.26. The van der Waals surface area contributed by atoms with Gasteiger partial charge in [-0.3, -0.25) is 0 Å². The third-order valence-corrected chi connectivity index (χ3v) is 2.84. The topological polar surface area (TPSA) is 24.5 Å². The van der Waals surface area contributed by atoms with Crippen LogP contribution in [0.1, 0.15) is 18.0 Å². The number of rotatable bonds is 6. The summed E-state index contributed by atoms with van der Waals surface area (Å²) in [6.07, 6.45) is 0.906. The Balaban J connectivity index is 3.02. The zero-order chi connectivity index (χ0) is 12.8. The van der Waals surface area contributed by atoms with E-state index in [0.717, 1.165) is 24.3 Å². The van der Waals surface area contributed by atoms with E-state index >= 15 is 0 Å². The fourth-order valence-corrected chi connectivity index (χ4v) is 1.94.